The number of likely N-dealkylation sites (N-methyl/N-ethyl adjacent to an activating group) is 1. The van der Waals surface area contributed by atoms with Crippen molar-refractivity contribution in [3.63, 3.8) is 0 Å². The molecule has 262 valence electrons. The van der Waals surface area contributed by atoms with Crippen molar-refractivity contribution in [2.75, 3.05) is 77.1 Å². The van der Waals surface area contributed by atoms with Crippen LogP contribution in [0.5, 0.6) is 11.8 Å². The first kappa shape index (κ1) is 36.6. The number of carboxylic acids is 1. The Morgan fingerprint density at radius 1 is 1.04 bits per heavy atom. The fourth-order valence-corrected chi connectivity index (χ4v) is 5.81. The van der Waals surface area contributed by atoms with Crippen LogP contribution >= 0.6 is 11.6 Å². The molecule has 1 fully saturated rings. The van der Waals surface area contributed by atoms with Crippen LogP contribution in [-0.2, 0) is 22.5 Å². The van der Waals surface area contributed by atoms with Crippen molar-refractivity contribution < 1.29 is 47.2 Å². The number of benzene rings is 2. The number of anilines is 2. The molecule has 3 heterocycles. The van der Waals surface area contributed by atoms with Crippen molar-refractivity contribution in [1.82, 2.24) is 19.8 Å². The maximum atomic E-state index is 11.5. The van der Waals surface area contributed by atoms with Gasteiger partial charge in [-0.05, 0) is 27.4 Å². The zero-order valence-electron chi connectivity index (χ0n) is 27.0. The fraction of sp³-hybridized carbons (Fsp3) is 0.484. The molecule has 0 aliphatic carbocycles. The van der Waals surface area contributed by atoms with Crippen molar-refractivity contribution >= 4 is 45.9 Å². The number of fused-ring (bicyclic) bond motifs is 2. The number of carboxylic acid groups (broad SMARTS) is 2. The van der Waals surface area contributed by atoms with E-state index >= 15 is 0 Å². The molecule has 0 spiro atoms. The SMILES string of the molecule is COCOc1cc(N2CCc3c(nc(O[C@H](C)CN(C)C)nc3N3CCN(C(=O)O)CC3)C2)c2ccccc2c1Cl.O=C(O)C(F)(F)F. The minimum Gasteiger partial charge on any atom is -0.475 e. The summed E-state index contributed by atoms with van der Waals surface area (Å²) >= 11 is 6.73. The molecule has 2 N–H and O–H groups in total. The van der Waals surface area contributed by atoms with Crippen molar-refractivity contribution in [1.29, 1.82) is 0 Å². The Hall–Kier alpha value is -4.28. The average molecular weight is 699 g/mol. The number of hydrogen-bond acceptors (Lipinski definition) is 10. The lowest BCUT2D eigenvalue weighted by Gasteiger charge is -2.37. The van der Waals surface area contributed by atoms with Crippen LogP contribution in [0.4, 0.5) is 29.5 Å². The van der Waals surface area contributed by atoms with Gasteiger partial charge in [0.25, 0.3) is 0 Å². The summed E-state index contributed by atoms with van der Waals surface area (Å²) in [5, 5.41) is 19.0. The van der Waals surface area contributed by atoms with Crippen LogP contribution in [0.2, 0.25) is 5.02 Å². The number of piperazine rings is 1. The number of methoxy groups -OCH3 is 1. The van der Waals surface area contributed by atoms with Gasteiger partial charge in [0.1, 0.15) is 17.7 Å². The molecule has 0 radical (unpaired) electrons. The predicted molar refractivity (Wildman–Crippen MR) is 172 cm³/mol. The van der Waals surface area contributed by atoms with Gasteiger partial charge in [0.15, 0.2) is 6.79 Å². The van der Waals surface area contributed by atoms with E-state index in [1.54, 1.807) is 7.11 Å². The quantitative estimate of drug-likeness (QED) is 0.302. The van der Waals surface area contributed by atoms with Gasteiger partial charge in [-0.25, -0.2) is 9.59 Å². The Morgan fingerprint density at radius 2 is 1.69 bits per heavy atom. The second-order valence-electron chi connectivity index (χ2n) is 11.5. The maximum absolute atomic E-state index is 11.5. The monoisotopic (exact) mass is 698 g/mol. The molecule has 1 amide bonds. The topological polar surface area (TPSA) is 141 Å². The molecular weight excluding hydrogens is 661 g/mol. The first-order valence-corrected chi connectivity index (χ1v) is 15.4. The molecule has 2 aromatic carbocycles. The summed E-state index contributed by atoms with van der Waals surface area (Å²) in [5.74, 6) is -1.36. The van der Waals surface area contributed by atoms with E-state index in [1.165, 1.54) is 4.90 Å². The first-order chi connectivity index (χ1) is 22.7. The standard InChI is InChI=1S/C29H37ClN6O5.C2HF3O2/c1-19(16-33(2)3)41-28-31-23-17-36(10-9-22(23)27(32-28)34-11-13-35(14-12-34)29(37)38)24-15-25(40-18-39-4)26(30)21-8-6-5-7-20(21)24;3-2(4,5)1(6)7/h5-8,15,19H,9-14,16-18H2,1-4H3,(H,37,38);(H,6,7)/t19-;/m1./s1. The molecule has 0 unspecified atom stereocenters. The van der Waals surface area contributed by atoms with Gasteiger partial charge in [-0.2, -0.15) is 23.1 Å². The molecule has 13 nitrogen and oxygen atoms in total. The number of amides is 1. The van der Waals surface area contributed by atoms with Crippen molar-refractivity contribution in [3.05, 3.63) is 46.6 Å². The number of halogens is 4. The molecule has 0 saturated carbocycles. The highest BCUT2D eigenvalue weighted by molar-refractivity contribution is 6.37. The van der Waals surface area contributed by atoms with Crippen LogP contribution in [0, 0.1) is 0 Å². The Morgan fingerprint density at radius 3 is 2.27 bits per heavy atom. The second-order valence-corrected chi connectivity index (χ2v) is 11.9. The third-order valence-electron chi connectivity index (χ3n) is 7.64. The molecule has 3 aromatic rings. The van der Waals surface area contributed by atoms with E-state index < -0.39 is 18.2 Å². The van der Waals surface area contributed by atoms with E-state index in [9.17, 15) is 23.1 Å². The van der Waals surface area contributed by atoms with Gasteiger partial charge in [0.05, 0.1) is 17.3 Å². The molecule has 2 aliphatic rings. The van der Waals surface area contributed by atoms with E-state index in [2.05, 4.69) is 20.8 Å². The third kappa shape index (κ3) is 8.99. The lowest BCUT2D eigenvalue weighted by atomic mass is 10.0. The van der Waals surface area contributed by atoms with E-state index in [4.69, 9.17) is 45.7 Å². The smallest absolute Gasteiger partial charge is 0.475 e. The van der Waals surface area contributed by atoms with Crippen LogP contribution in [0.1, 0.15) is 18.2 Å². The number of aliphatic carboxylic acids is 1. The largest absolute Gasteiger partial charge is 0.490 e. The normalized spacial score (nSPS) is 15.5. The highest BCUT2D eigenvalue weighted by atomic mass is 35.5. The number of alkyl halides is 3. The summed E-state index contributed by atoms with van der Waals surface area (Å²) in [7, 11) is 5.58. The van der Waals surface area contributed by atoms with Gasteiger partial charge in [-0.15, -0.1) is 0 Å². The molecule has 48 heavy (non-hydrogen) atoms. The zero-order valence-corrected chi connectivity index (χ0v) is 27.7. The van der Waals surface area contributed by atoms with Crippen molar-refractivity contribution in [3.8, 4) is 11.8 Å². The van der Waals surface area contributed by atoms with E-state index in [1.807, 2.05) is 45.3 Å². The number of carbonyl (C=O) groups is 2. The van der Waals surface area contributed by atoms with Gasteiger partial charge in [-0.3, -0.25) is 0 Å². The lowest BCUT2D eigenvalue weighted by Crippen LogP contribution is -2.49. The maximum Gasteiger partial charge on any atom is 0.490 e. The van der Waals surface area contributed by atoms with Crippen LogP contribution < -0.4 is 19.3 Å². The summed E-state index contributed by atoms with van der Waals surface area (Å²) < 4.78 is 48.9. The van der Waals surface area contributed by atoms with Crippen LogP contribution in [0.15, 0.2) is 30.3 Å². The first-order valence-electron chi connectivity index (χ1n) is 15.0. The third-order valence-corrected chi connectivity index (χ3v) is 8.03. The second kappa shape index (κ2) is 15.7. The molecule has 5 rings (SSSR count). The van der Waals surface area contributed by atoms with E-state index in [-0.39, 0.29) is 12.9 Å². The fourth-order valence-electron chi connectivity index (χ4n) is 5.53. The molecule has 1 aromatic heterocycles. The Kier molecular flexibility index (Phi) is 12.0. The number of aromatic nitrogens is 2. The number of nitrogens with zero attached hydrogens (tertiary/aromatic N) is 6. The lowest BCUT2D eigenvalue weighted by molar-refractivity contribution is -0.192. The van der Waals surface area contributed by atoms with Gasteiger partial charge in [0, 0.05) is 74.5 Å². The Bertz CT molecular complexity index is 1610. The van der Waals surface area contributed by atoms with Crippen molar-refractivity contribution in [2.24, 2.45) is 0 Å². The number of ether oxygens (including phenoxy) is 3. The molecule has 2 aliphatic heterocycles. The van der Waals surface area contributed by atoms with Crippen LogP contribution in [-0.4, -0.2) is 122 Å². The van der Waals surface area contributed by atoms with Gasteiger partial charge in [0.2, 0.25) is 0 Å². The summed E-state index contributed by atoms with van der Waals surface area (Å²) in [6, 6.07) is 10.3. The number of hydrogen-bond donors (Lipinski definition) is 2. The minimum absolute atomic E-state index is 0.0951. The summed E-state index contributed by atoms with van der Waals surface area (Å²) in [6.45, 7) is 6.09. The van der Waals surface area contributed by atoms with Gasteiger partial charge >= 0.3 is 24.2 Å². The molecule has 1 saturated heterocycles. The zero-order chi connectivity index (χ0) is 35.2. The van der Waals surface area contributed by atoms with Crippen LogP contribution in [0.3, 0.4) is 0 Å². The number of rotatable bonds is 9. The molecular formula is C31H38ClF3N6O7. The van der Waals surface area contributed by atoms with E-state index in [0.717, 1.165) is 53.0 Å². The highest BCUT2D eigenvalue weighted by Crippen LogP contribution is 2.41. The summed E-state index contributed by atoms with van der Waals surface area (Å²) in [6.07, 6.45) is -5.36. The summed E-state index contributed by atoms with van der Waals surface area (Å²) in [5.41, 5.74) is 2.97. The van der Waals surface area contributed by atoms with Crippen molar-refractivity contribution in [2.45, 2.75) is 32.2 Å². The van der Waals surface area contributed by atoms with Gasteiger partial charge < -0.3 is 44.0 Å². The Balaban J connectivity index is 0.000000671. The van der Waals surface area contributed by atoms with Gasteiger partial charge in [-0.1, -0.05) is 35.9 Å². The minimum atomic E-state index is -5.08. The molecule has 17 heteroatoms. The molecule has 1 atom stereocenters. The predicted octanol–water partition coefficient (Wildman–Crippen LogP) is 4.59. The average Bonchev–Trinajstić information content (AvgIpc) is 3.03. The summed E-state index contributed by atoms with van der Waals surface area (Å²) in [4.78, 5) is 38.1. The molecule has 0 bridgehead atoms. The highest BCUT2D eigenvalue weighted by Gasteiger charge is 2.38. The Labute approximate surface area is 280 Å². The van der Waals surface area contributed by atoms with Crippen LogP contribution in [0.25, 0.3) is 10.8 Å². The van der Waals surface area contributed by atoms with E-state index in [0.29, 0.717) is 49.5 Å².